The summed E-state index contributed by atoms with van der Waals surface area (Å²) in [4.78, 5) is 0. The number of rotatable bonds is 23. The summed E-state index contributed by atoms with van der Waals surface area (Å²) in [6.45, 7) is 12.7. The molecule has 0 saturated carbocycles. The van der Waals surface area contributed by atoms with Crippen molar-refractivity contribution in [1.82, 2.24) is 0 Å². The minimum atomic E-state index is 0.329. The van der Waals surface area contributed by atoms with E-state index in [4.69, 9.17) is 5.73 Å². The molecule has 1 nitrogen and oxygen atoms in total. The quantitative estimate of drug-likeness (QED) is 0.137. The van der Waals surface area contributed by atoms with Crippen LogP contribution >= 0.6 is 0 Å². The Morgan fingerprint density at radius 3 is 1.04 bits per heavy atom. The van der Waals surface area contributed by atoms with E-state index in [2.05, 4.69) is 38.0 Å². The van der Waals surface area contributed by atoms with E-state index in [9.17, 15) is 0 Å². The fourth-order valence-corrected chi connectivity index (χ4v) is 4.42. The van der Waals surface area contributed by atoms with Crippen molar-refractivity contribution in [2.75, 3.05) is 6.54 Å². The van der Waals surface area contributed by atoms with Crippen LogP contribution in [0.5, 0.6) is 0 Å². The molecule has 0 unspecified atom stereocenters. The maximum atomic E-state index is 5.52. The first-order chi connectivity index (χ1) is 13.7. The molecule has 28 heavy (non-hydrogen) atoms. The van der Waals surface area contributed by atoms with Gasteiger partial charge < -0.3 is 5.73 Å². The minimum absolute atomic E-state index is 0.329. The number of hydrogen-bond donors (Lipinski definition) is 1. The van der Waals surface area contributed by atoms with E-state index in [1.807, 2.05) is 0 Å². The highest BCUT2D eigenvalue weighted by atomic mass is 14.5. The molecular weight excluding hydrogens is 338 g/mol. The Morgan fingerprint density at radius 2 is 0.750 bits per heavy atom. The fraction of sp³-hybridized carbons (Fsp3) is 0.778. The zero-order chi connectivity index (χ0) is 20.8. The molecule has 0 aromatic rings. The summed E-state index contributed by atoms with van der Waals surface area (Å²) in [6.07, 6.45) is 31.7. The first-order valence-corrected chi connectivity index (χ1v) is 12.3. The van der Waals surface area contributed by atoms with Crippen LogP contribution in [0.25, 0.3) is 0 Å². The zero-order valence-electron chi connectivity index (χ0n) is 19.1. The fourth-order valence-electron chi connectivity index (χ4n) is 4.42. The maximum Gasteiger partial charge on any atom is -0.00773 e. The van der Waals surface area contributed by atoms with Crippen LogP contribution in [0.4, 0.5) is 0 Å². The Labute approximate surface area is 177 Å². The van der Waals surface area contributed by atoms with E-state index in [1.54, 1.807) is 0 Å². The molecule has 1 heteroatoms. The van der Waals surface area contributed by atoms with Gasteiger partial charge in [-0.25, -0.2) is 0 Å². The summed E-state index contributed by atoms with van der Waals surface area (Å²) in [5.41, 5.74) is 5.85. The van der Waals surface area contributed by atoms with E-state index in [0.717, 1.165) is 25.8 Å². The average molecular weight is 390 g/mol. The van der Waals surface area contributed by atoms with E-state index in [-0.39, 0.29) is 0 Å². The largest absolute Gasteiger partial charge is 0.330 e. The molecule has 0 rings (SSSR count). The SMILES string of the molecule is C=CCC(CC=C)(CC=C)CCCCCCCCCCCCCCCCCN. The summed E-state index contributed by atoms with van der Waals surface area (Å²) in [7, 11) is 0. The third kappa shape index (κ3) is 16.2. The lowest BCUT2D eigenvalue weighted by Gasteiger charge is -2.31. The molecule has 0 heterocycles. The van der Waals surface area contributed by atoms with Gasteiger partial charge in [0, 0.05) is 0 Å². The molecule has 0 aliphatic rings. The molecule has 2 N–H and O–H groups in total. The van der Waals surface area contributed by atoms with Crippen LogP contribution in [0.1, 0.15) is 122 Å². The standard InChI is InChI=1S/C27H51N/c1-4-22-27(23-5-2,24-6-3)25-20-18-16-14-12-10-8-7-9-11-13-15-17-19-21-26-28/h4-6H,1-3,7-26,28H2. The molecule has 0 saturated heterocycles. The smallest absolute Gasteiger partial charge is 0.00773 e. The van der Waals surface area contributed by atoms with Crippen molar-refractivity contribution in [3.8, 4) is 0 Å². The average Bonchev–Trinajstić information content (AvgIpc) is 2.68. The van der Waals surface area contributed by atoms with Crippen molar-refractivity contribution in [3.05, 3.63) is 38.0 Å². The predicted molar refractivity (Wildman–Crippen MR) is 130 cm³/mol. The van der Waals surface area contributed by atoms with Crippen molar-refractivity contribution in [2.24, 2.45) is 11.1 Å². The Hall–Kier alpha value is -0.820. The molecule has 164 valence electrons. The minimum Gasteiger partial charge on any atom is -0.330 e. The molecule has 0 amide bonds. The van der Waals surface area contributed by atoms with Crippen LogP contribution in [-0.4, -0.2) is 6.54 Å². The molecule has 0 fully saturated rings. The first-order valence-electron chi connectivity index (χ1n) is 12.3. The Kier molecular flexibility index (Phi) is 20.3. The second kappa shape index (κ2) is 20.9. The van der Waals surface area contributed by atoms with E-state index in [1.165, 1.54) is 103 Å². The van der Waals surface area contributed by atoms with Gasteiger partial charge in [-0.15, -0.1) is 19.7 Å². The second-order valence-electron chi connectivity index (χ2n) is 8.82. The highest BCUT2D eigenvalue weighted by molar-refractivity contribution is 4.95. The van der Waals surface area contributed by atoms with Crippen molar-refractivity contribution < 1.29 is 0 Å². The summed E-state index contributed by atoms with van der Waals surface area (Å²) < 4.78 is 0. The third-order valence-corrected chi connectivity index (χ3v) is 6.14. The van der Waals surface area contributed by atoms with Gasteiger partial charge in [0.15, 0.2) is 0 Å². The van der Waals surface area contributed by atoms with E-state index in [0.29, 0.717) is 5.41 Å². The molecule has 0 aromatic heterocycles. The third-order valence-electron chi connectivity index (χ3n) is 6.14. The summed E-state index contributed by atoms with van der Waals surface area (Å²) in [6, 6.07) is 0. The van der Waals surface area contributed by atoms with Crippen LogP contribution < -0.4 is 5.73 Å². The van der Waals surface area contributed by atoms with Crippen molar-refractivity contribution >= 4 is 0 Å². The monoisotopic (exact) mass is 389 g/mol. The van der Waals surface area contributed by atoms with Gasteiger partial charge in [-0.05, 0) is 44.1 Å². The van der Waals surface area contributed by atoms with Crippen LogP contribution in [0.3, 0.4) is 0 Å². The second-order valence-corrected chi connectivity index (χ2v) is 8.82. The van der Waals surface area contributed by atoms with Crippen molar-refractivity contribution in [1.29, 1.82) is 0 Å². The lowest BCUT2D eigenvalue weighted by Crippen LogP contribution is -2.18. The van der Waals surface area contributed by atoms with Gasteiger partial charge in [0.1, 0.15) is 0 Å². The van der Waals surface area contributed by atoms with Crippen LogP contribution in [0.15, 0.2) is 38.0 Å². The number of hydrogen-bond acceptors (Lipinski definition) is 1. The van der Waals surface area contributed by atoms with Gasteiger partial charge in [0.25, 0.3) is 0 Å². The zero-order valence-corrected chi connectivity index (χ0v) is 19.1. The maximum absolute atomic E-state index is 5.52. The summed E-state index contributed by atoms with van der Waals surface area (Å²) in [5.74, 6) is 0. The molecule has 0 aliphatic carbocycles. The lowest BCUT2D eigenvalue weighted by atomic mass is 9.74. The van der Waals surface area contributed by atoms with Gasteiger partial charge in [0.05, 0.1) is 0 Å². The Balaban J connectivity index is 3.49. The van der Waals surface area contributed by atoms with Crippen LogP contribution in [0.2, 0.25) is 0 Å². The van der Waals surface area contributed by atoms with Gasteiger partial charge in [-0.1, -0.05) is 108 Å². The van der Waals surface area contributed by atoms with Crippen molar-refractivity contribution in [2.45, 2.75) is 122 Å². The lowest BCUT2D eigenvalue weighted by molar-refractivity contribution is 0.260. The first kappa shape index (κ1) is 27.2. The Bertz CT molecular complexity index is 331. The van der Waals surface area contributed by atoms with Gasteiger partial charge in [-0.2, -0.15) is 0 Å². The molecule has 0 radical (unpaired) electrons. The molecule has 0 aromatic carbocycles. The summed E-state index contributed by atoms with van der Waals surface area (Å²) in [5, 5.41) is 0. The van der Waals surface area contributed by atoms with Crippen LogP contribution in [-0.2, 0) is 0 Å². The van der Waals surface area contributed by atoms with E-state index >= 15 is 0 Å². The van der Waals surface area contributed by atoms with Crippen LogP contribution in [0, 0.1) is 5.41 Å². The van der Waals surface area contributed by atoms with Gasteiger partial charge >= 0.3 is 0 Å². The van der Waals surface area contributed by atoms with E-state index < -0.39 is 0 Å². The number of allylic oxidation sites excluding steroid dienone is 3. The van der Waals surface area contributed by atoms with Gasteiger partial charge in [-0.3, -0.25) is 0 Å². The Morgan fingerprint density at radius 1 is 0.464 bits per heavy atom. The normalized spacial score (nSPS) is 11.5. The molecule has 0 spiro atoms. The molecule has 0 bridgehead atoms. The molecular formula is C27H51N. The van der Waals surface area contributed by atoms with Gasteiger partial charge in [0.2, 0.25) is 0 Å². The highest BCUT2D eigenvalue weighted by Gasteiger charge is 2.25. The van der Waals surface area contributed by atoms with Crippen molar-refractivity contribution in [3.63, 3.8) is 0 Å². The summed E-state index contributed by atoms with van der Waals surface area (Å²) >= 11 is 0. The number of nitrogens with two attached hydrogens (primary N) is 1. The number of unbranched alkanes of at least 4 members (excludes halogenated alkanes) is 14. The topological polar surface area (TPSA) is 26.0 Å². The predicted octanol–water partition coefficient (Wildman–Crippen LogP) is 8.90. The highest BCUT2D eigenvalue weighted by Crippen LogP contribution is 2.38. The molecule has 0 atom stereocenters. The molecule has 0 aliphatic heterocycles.